The highest BCUT2D eigenvalue weighted by molar-refractivity contribution is 6.33. The van der Waals surface area contributed by atoms with Gasteiger partial charge in [-0.05, 0) is 64.1 Å². The van der Waals surface area contributed by atoms with E-state index in [-0.39, 0.29) is 36.4 Å². The van der Waals surface area contributed by atoms with Gasteiger partial charge in [-0.25, -0.2) is 0 Å². The largest absolute Gasteiger partial charge is 0.496 e. The number of methoxy groups -OCH3 is 2. The van der Waals surface area contributed by atoms with Crippen molar-refractivity contribution >= 4 is 35.1 Å². The molecule has 0 aromatic heterocycles. The van der Waals surface area contributed by atoms with E-state index in [4.69, 9.17) is 31.9 Å². The van der Waals surface area contributed by atoms with Crippen LogP contribution in [-0.2, 0) is 14.3 Å². The van der Waals surface area contributed by atoms with Crippen LogP contribution in [0.2, 0.25) is 5.02 Å². The monoisotopic (exact) mass is 623 g/mol. The first-order valence-electron chi connectivity index (χ1n) is 15.6. The summed E-state index contributed by atoms with van der Waals surface area (Å²) < 4.78 is 11.1. The van der Waals surface area contributed by atoms with Gasteiger partial charge in [-0.2, -0.15) is 0 Å². The summed E-state index contributed by atoms with van der Waals surface area (Å²) in [7, 11) is 3.16. The van der Waals surface area contributed by atoms with Crippen LogP contribution in [0, 0.1) is 0 Å². The van der Waals surface area contributed by atoms with E-state index < -0.39 is 5.97 Å². The van der Waals surface area contributed by atoms with Crippen LogP contribution in [0.4, 0.5) is 5.69 Å². The maximum Gasteiger partial charge on any atom is 0.303 e. The average Bonchev–Trinajstić information content (AvgIpc) is 2.99. The van der Waals surface area contributed by atoms with Gasteiger partial charge in [0, 0.05) is 58.2 Å². The summed E-state index contributed by atoms with van der Waals surface area (Å²) in [5, 5.41) is 15.3. The molecule has 2 fully saturated rings. The van der Waals surface area contributed by atoms with Crippen molar-refractivity contribution in [2.24, 2.45) is 0 Å². The van der Waals surface area contributed by atoms with E-state index in [0.717, 1.165) is 97.1 Å². The number of likely N-dealkylation sites (tertiary alicyclic amines) is 2. The highest BCUT2D eigenvalue weighted by Gasteiger charge is 2.31. The van der Waals surface area contributed by atoms with Crippen molar-refractivity contribution in [3.8, 4) is 5.75 Å². The van der Waals surface area contributed by atoms with Crippen LogP contribution in [0.3, 0.4) is 0 Å². The summed E-state index contributed by atoms with van der Waals surface area (Å²) in [6, 6.07) is 3.21. The molecule has 2 saturated heterocycles. The highest BCUT2D eigenvalue weighted by Crippen LogP contribution is 2.29. The maximum atomic E-state index is 13.0. The quantitative estimate of drug-likeness (QED) is 0.151. The number of carboxylic acid groups (broad SMARTS) is 1. The van der Waals surface area contributed by atoms with Crippen molar-refractivity contribution in [2.45, 2.75) is 88.8 Å². The van der Waals surface area contributed by atoms with Gasteiger partial charge in [0.2, 0.25) is 5.91 Å². The van der Waals surface area contributed by atoms with Gasteiger partial charge in [0.05, 0.1) is 35.5 Å². The normalized spacial score (nSPS) is 20.1. The van der Waals surface area contributed by atoms with Gasteiger partial charge in [0.15, 0.2) is 0 Å². The van der Waals surface area contributed by atoms with Crippen molar-refractivity contribution in [3.63, 3.8) is 0 Å². The number of benzene rings is 1. The van der Waals surface area contributed by atoms with Crippen LogP contribution in [0.15, 0.2) is 12.1 Å². The van der Waals surface area contributed by atoms with Gasteiger partial charge < -0.3 is 40.7 Å². The first-order valence-corrected chi connectivity index (χ1v) is 16.0. The number of unbranched alkanes of at least 4 members (excludes halogenated alkanes) is 4. The van der Waals surface area contributed by atoms with Gasteiger partial charge in [0.25, 0.3) is 5.91 Å². The third kappa shape index (κ3) is 11.8. The molecular weight excluding hydrogens is 574 g/mol. The second-order valence-electron chi connectivity index (χ2n) is 11.7. The molecule has 1 aromatic rings. The van der Waals surface area contributed by atoms with E-state index in [1.165, 1.54) is 13.2 Å². The predicted molar refractivity (Wildman–Crippen MR) is 168 cm³/mol. The minimum absolute atomic E-state index is 0.130. The topological polar surface area (TPSA) is 146 Å². The van der Waals surface area contributed by atoms with Crippen LogP contribution < -0.4 is 21.1 Å². The minimum Gasteiger partial charge on any atom is -0.496 e. The fourth-order valence-corrected chi connectivity index (χ4v) is 6.10. The highest BCUT2D eigenvalue weighted by atomic mass is 35.5. The molecule has 12 heteroatoms. The van der Waals surface area contributed by atoms with Crippen molar-refractivity contribution in [2.75, 3.05) is 59.2 Å². The molecule has 0 bridgehead atoms. The summed E-state index contributed by atoms with van der Waals surface area (Å²) >= 11 is 6.14. The number of nitrogens with zero attached hydrogens (tertiary/aromatic N) is 2. The molecule has 5 N–H and O–H groups in total. The van der Waals surface area contributed by atoms with E-state index in [1.54, 1.807) is 13.2 Å². The smallest absolute Gasteiger partial charge is 0.303 e. The summed E-state index contributed by atoms with van der Waals surface area (Å²) in [6.07, 6.45) is 8.96. The zero-order valence-corrected chi connectivity index (χ0v) is 26.5. The van der Waals surface area contributed by atoms with Gasteiger partial charge in [-0.15, -0.1) is 0 Å². The number of ether oxygens (including phenoxy) is 2. The molecule has 2 heterocycles. The first kappa shape index (κ1) is 34.9. The van der Waals surface area contributed by atoms with E-state index >= 15 is 0 Å². The van der Waals surface area contributed by atoms with E-state index in [9.17, 15) is 14.4 Å². The Morgan fingerprint density at radius 3 is 2.23 bits per heavy atom. The zero-order chi connectivity index (χ0) is 31.2. The fourth-order valence-electron chi connectivity index (χ4n) is 5.94. The van der Waals surface area contributed by atoms with Gasteiger partial charge in [-0.1, -0.05) is 24.4 Å². The second kappa shape index (κ2) is 18.3. The molecule has 3 rings (SSSR count). The Morgan fingerprint density at radius 1 is 0.930 bits per heavy atom. The number of halogens is 1. The molecular formula is C31H50ClN5O6. The number of piperidine rings is 2. The molecule has 1 aromatic carbocycles. The first-order chi connectivity index (χ1) is 20.7. The number of carboxylic acids is 1. The Balaban J connectivity index is 1.27. The summed E-state index contributed by atoms with van der Waals surface area (Å²) in [5.74, 6) is -0.473. The number of anilines is 1. The number of hydrogen-bond acceptors (Lipinski definition) is 8. The van der Waals surface area contributed by atoms with E-state index in [2.05, 4.69) is 20.4 Å². The lowest BCUT2D eigenvalue weighted by atomic mass is 10.00. The molecule has 0 spiro atoms. The van der Waals surface area contributed by atoms with Gasteiger partial charge in [0.1, 0.15) is 5.75 Å². The van der Waals surface area contributed by atoms with Crippen LogP contribution in [0.25, 0.3) is 0 Å². The lowest BCUT2D eigenvalue weighted by molar-refractivity contribution is -0.137. The molecule has 2 amide bonds. The molecule has 0 unspecified atom stereocenters. The second-order valence-corrected chi connectivity index (χ2v) is 12.1. The molecule has 0 aliphatic carbocycles. The molecule has 2 aliphatic heterocycles. The predicted octanol–water partition coefficient (Wildman–Crippen LogP) is 3.54. The molecule has 2 aliphatic rings. The maximum absolute atomic E-state index is 13.0. The Labute approximate surface area is 260 Å². The Kier molecular flexibility index (Phi) is 14.8. The molecule has 0 radical (unpaired) electrons. The third-order valence-corrected chi connectivity index (χ3v) is 8.85. The third-order valence-electron chi connectivity index (χ3n) is 8.52. The number of aliphatic carboxylic acids is 1. The number of hydrogen-bond donors (Lipinski definition) is 4. The van der Waals surface area contributed by atoms with Crippen LogP contribution in [0.5, 0.6) is 5.75 Å². The number of carbonyl (C=O) groups excluding carboxylic acids is 2. The van der Waals surface area contributed by atoms with Gasteiger partial charge >= 0.3 is 5.97 Å². The summed E-state index contributed by atoms with van der Waals surface area (Å²) in [6.45, 7) is 5.48. The zero-order valence-electron chi connectivity index (χ0n) is 25.7. The standard InChI is InChI=1S/C31H50ClN5O6/c1-42-27-20-25(33)24(32)19-23(27)31(41)35-26-13-18-37(21-28(26)43-2)15-8-3-5-9-29(38)34-22-11-16-36(17-12-22)14-7-4-6-10-30(39)40/h19-20,22,26,28H,3-18,21,33H2,1-2H3,(H,34,38)(H,35,41)(H,39,40)/t26-,28+/m1/s1. The van der Waals surface area contributed by atoms with Crippen molar-refractivity contribution in [3.05, 3.63) is 22.7 Å². The summed E-state index contributed by atoms with van der Waals surface area (Å²) in [5.41, 5.74) is 6.55. The Bertz CT molecular complexity index is 1050. The average molecular weight is 624 g/mol. The van der Waals surface area contributed by atoms with Crippen LogP contribution in [-0.4, -0.2) is 104 Å². The fraction of sp³-hybridized carbons (Fsp3) is 0.710. The molecule has 11 nitrogen and oxygen atoms in total. The summed E-state index contributed by atoms with van der Waals surface area (Å²) in [4.78, 5) is 40.9. The van der Waals surface area contributed by atoms with Gasteiger partial charge in [-0.3, -0.25) is 14.4 Å². The molecule has 2 atom stereocenters. The van der Waals surface area contributed by atoms with Crippen LogP contribution in [0.1, 0.15) is 81.0 Å². The molecule has 43 heavy (non-hydrogen) atoms. The Hall–Kier alpha value is -2.60. The molecule has 0 saturated carbocycles. The number of nitrogens with two attached hydrogens (primary N) is 1. The lowest BCUT2D eigenvalue weighted by Crippen LogP contribution is -2.54. The van der Waals surface area contributed by atoms with Crippen molar-refractivity contribution in [1.29, 1.82) is 0 Å². The minimum atomic E-state index is -0.721. The number of nitrogen functional groups attached to an aromatic ring is 1. The number of rotatable bonds is 17. The van der Waals surface area contributed by atoms with E-state index in [1.807, 2.05) is 0 Å². The van der Waals surface area contributed by atoms with Crippen molar-refractivity contribution in [1.82, 2.24) is 20.4 Å². The number of nitrogens with one attached hydrogen (secondary N) is 2. The van der Waals surface area contributed by atoms with Crippen LogP contribution >= 0.6 is 11.6 Å². The SMILES string of the molecule is COc1cc(N)c(Cl)cc1C(=O)N[C@@H]1CCN(CCCCCC(=O)NC2CCN(CCCCCC(=O)O)CC2)C[C@@H]1OC. The Morgan fingerprint density at radius 2 is 1.58 bits per heavy atom. The lowest BCUT2D eigenvalue weighted by Gasteiger charge is -2.38. The number of amides is 2. The molecule has 242 valence electrons. The van der Waals surface area contributed by atoms with E-state index in [0.29, 0.717) is 28.4 Å². The van der Waals surface area contributed by atoms with Crippen molar-refractivity contribution < 1.29 is 29.0 Å². The number of carbonyl (C=O) groups is 3.